The third-order valence-corrected chi connectivity index (χ3v) is 7.22. The van der Waals surface area contributed by atoms with Gasteiger partial charge < -0.3 is 15.0 Å². The van der Waals surface area contributed by atoms with Crippen LogP contribution in [0.15, 0.2) is 42.1 Å². The fraction of sp³-hybridized carbons (Fsp3) is 0.500. The standard InChI is InChI=1S/C24H32N4OS/c1-17-15-18(5-6-19(17)16-28-11-14-30-22(28)24(2,3)4)21-7-10-25-23(27-21)26-20-8-12-29-13-9-20/h5-7,10-11,14-15,20,22H,8-9,12-13,16H2,1-4H3,(H,25,26,27). The van der Waals surface area contributed by atoms with Crippen molar-refractivity contribution in [2.75, 3.05) is 18.5 Å². The van der Waals surface area contributed by atoms with E-state index < -0.39 is 0 Å². The number of ether oxygens (including phenoxy) is 1. The largest absolute Gasteiger partial charge is 0.381 e. The van der Waals surface area contributed by atoms with E-state index in [1.54, 1.807) is 0 Å². The summed E-state index contributed by atoms with van der Waals surface area (Å²) in [6, 6.07) is 9.05. The summed E-state index contributed by atoms with van der Waals surface area (Å²) in [5.74, 6) is 0.702. The molecule has 2 aliphatic heterocycles. The van der Waals surface area contributed by atoms with Gasteiger partial charge in [-0.25, -0.2) is 9.97 Å². The average molecular weight is 425 g/mol. The third-order valence-electron chi connectivity index (χ3n) is 5.70. The summed E-state index contributed by atoms with van der Waals surface area (Å²) >= 11 is 1.91. The molecule has 1 aromatic carbocycles. The molecule has 1 unspecified atom stereocenters. The van der Waals surface area contributed by atoms with Crippen molar-refractivity contribution in [3.8, 4) is 11.3 Å². The molecule has 160 valence electrons. The zero-order valence-electron chi connectivity index (χ0n) is 18.4. The van der Waals surface area contributed by atoms with Gasteiger partial charge in [0.1, 0.15) is 0 Å². The van der Waals surface area contributed by atoms with Gasteiger partial charge in [-0.15, -0.1) is 11.8 Å². The summed E-state index contributed by atoms with van der Waals surface area (Å²) in [4.78, 5) is 11.6. The molecule has 3 heterocycles. The number of hydrogen-bond donors (Lipinski definition) is 1. The van der Waals surface area contributed by atoms with Crippen LogP contribution in [0.1, 0.15) is 44.7 Å². The maximum absolute atomic E-state index is 5.44. The summed E-state index contributed by atoms with van der Waals surface area (Å²) < 4.78 is 5.44. The fourth-order valence-corrected chi connectivity index (χ4v) is 5.11. The second-order valence-corrected chi connectivity index (χ2v) is 10.2. The van der Waals surface area contributed by atoms with Gasteiger partial charge in [0.05, 0.1) is 11.1 Å². The van der Waals surface area contributed by atoms with Crippen molar-refractivity contribution >= 4 is 17.7 Å². The van der Waals surface area contributed by atoms with Crippen molar-refractivity contribution in [1.29, 1.82) is 0 Å². The SMILES string of the molecule is Cc1cc(-c2ccnc(NC3CCOCC3)n2)ccc1CN1C=CSC1C(C)(C)C. The Balaban J connectivity index is 1.48. The van der Waals surface area contributed by atoms with Crippen LogP contribution in [0.4, 0.5) is 5.95 Å². The molecule has 1 fully saturated rings. The number of rotatable bonds is 5. The van der Waals surface area contributed by atoms with Crippen LogP contribution in [0.2, 0.25) is 0 Å². The summed E-state index contributed by atoms with van der Waals surface area (Å²) in [6.07, 6.45) is 6.07. The van der Waals surface area contributed by atoms with Crippen LogP contribution in [-0.4, -0.2) is 39.5 Å². The van der Waals surface area contributed by atoms with E-state index >= 15 is 0 Å². The lowest BCUT2D eigenvalue weighted by Crippen LogP contribution is -2.35. The first kappa shape index (κ1) is 21.2. The van der Waals surface area contributed by atoms with Crippen molar-refractivity contribution in [2.45, 2.75) is 58.5 Å². The second-order valence-electron chi connectivity index (χ2n) is 9.25. The number of hydrogen-bond acceptors (Lipinski definition) is 6. The lowest BCUT2D eigenvalue weighted by atomic mass is 9.95. The smallest absolute Gasteiger partial charge is 0.223 e. The van der Waals surface area contributed by atoms with Gasteiger partial charge in [0.15, 0.2) is 0 Å². The van der Waals surface area contributed by atoms with Gasteiger partial charge in [-0.05, 0) is 53.8 Å². The molecule has 1 saturated heterocycles. The zero-order chi connectivity index (χ0) is 21.1. The van der Waals surface area contributed by atoms with Crippen LogP contribution >= 0.6 is 11.8 Å². The molecule has 2 aliphatic rings. The summed E-state index contributed by atoms with van der Waals surface area (Å²) in [7, 11) is 0. The van der Waals surface area contributed by atoms with Crippen LogP contribution in [0, 0.1) is 12.3 Å². The highest BCUT2D eigenvalue weighted by Gasteiger charge is 2.31. The van der Waals surface area contributed by atoms with Gasteiger partial charge in [0, 0.05) is 43.8 Å². The normalized spacial score (nSPS) is 20.0. The number of aromatic nitrogens is 2. The highest BCUT2D eigenvalue weighted by molar-refractivity contribution is 8.02. The molecule has 4 rings (SSSR count). The molecule has 5 nitrogen and oxygen atoms in total. The Morgan fingerprint density at radius 2 is 2.00 bits per heavy atom. The summed E-state index contributed by atoms with van der Waals surface area (Å²) in [5, 5.41) is 6.15. The van der Waals surface area contributed by atoms with E-state index in [2.05, 4.69) is 72.7 Å². The molecular formula is C24H32N4OS. The van der Waals surface area contributed by atoms with Crippen LogP contribution in [0.25, 0.3) is 11.3 Å². The number of anilines is 1. The first-order valence-electron chi connectivity index (χ1n) is 10.8. The van der Waals surface area contributed by atoms with Crippen molar-refractivity contribution in [2.24, 2.45) is 5.41 Å². The second kappa shape index (κ2) is 8.98. The summed E-state index contributed by atoms with van der Waals surface area (Å²) in [6.45, 7) is 11.7. The minimum atomic E-state index is 0.233. The molecule has 6 heteroatoms. The molecule has 1 N–H and O–H groups in total. The first-order chi connectivity index (χ1) is 14.4. The predicted octanol–water partition coefficient (Wildman–Crippen LogP) is 5.44. The van der Waals surface area contributed by atoms with Gasteiger partial charge in [-0.3, -0.25) is 0 Å². The molecule has 0 aliphatic carbocycles. The van der Waals surface area contributed by atoms with Crippen LogP contribution in [0.3, 0.4) is 0 Å². The van der Waals surface area contributed by atoms with Crippen molar-refractivity contribution in [3.63, 3.8) is 0 Å². The number of nitrogens with one attached hydrogen (secondary N) is 1. The number of aryl methyl sites for hydroxylation is 1. The highest BCUT2D eigenvalue weighted by Crippen LogP contribution is 2.39. The van der Waals surface area contributed by atoms with Crippen molar-refractivity contribution < 1.29 is 4.74 Å². The Hall–Kier alpha value is -2.05. The van der Waals surface area contributed by atoms with E-state index in [1.165, 1.54) is 11.1 Å². The van der Waals surface area contributed by atoms with Crippen molar-refractivity contribution in [3.05, 3.63) is 53.2 Å². The minimum Gasteiger partial charge on any atom is -0.381 e. The fourth-order valence-electron chi connectivity index (χ4n) is 4.02. The third kappa shape index (κ3) is 4.98. The molecule has 0 amide bonds. The lowest BCUT2D eigenvalue weighted by Gasteiger charge is -2.35. The molecule has 0 bridgehead atoms. The van der Waals surface area contributed by atoms with Gasteiger partial charge in [0.25, 0.3) is 0 Å². The van der Waals surface area contributed by atoms with Gasteiger partial charge in [-0.2, -0.15) is 0 Å². The van der Waals surface area contributed by atoms with E-state index in [0.717, 1.165) is 43.9 Å². The molecule has 1 aromatic heterocycles. The topological polar surface area (TPSA) is 50.3 Å². The molecule has 0 radical (unpaired) electrons. The Bertz CT molecular complexity index is 902. The Kier molecular flexibility index (Phi) is 6.34. The van der Waals surface area contributed by atoms with Crippen LogP contribution in [0.5, 0.6) is 0 Å². The predicted molar refractivity (Wildman–Crippen MR) is 125 cm³/mol. The monoisotopic (exact) mass is 424 g/mol. The molecule has 0 spiro atoms. The van der Waals surface area contributed by atoms with E-state index in [9.17, 15) is 0 Å². The van der Waals surface area contributed by atoms with Gasteiger partial charge in [0.2, 0.25) is 5.95 Å². The molecule has 30 heavy (non-hydrogen) atoms. The maximum atomic E-state index is 5.44. The molecular weight excluding hydrogens is 392 g/mol. The van der Waals surface area contributed by atoms with Crippen LogP contribution in [-0.2, 0) is 11.3 Å². The van der Waals surface area contributed by atoms with E-state index in [0.29, 0.717) is 17.4 Å². The van der Waals surface area contributed by atoms with Gasteiger partial charge in [-0.1, -0.05) is 32.9 Å². The summed E-state index contributed by atoms with van der Waals surface area (Å²) in [5.41, 5.74) is 4.97. The highest BCUT2D eigenvalue weighted by atomic mass is 32.2. The van der Waals surface area contributed by atoms with Gasteiger partial charge >= 0.3 is 0 Å². The maximum Gasteiger partial charge on any atom is 0.223 e. The van der Waals surface area contributed by atoms with E-state index in [-0.39, 0.29) is 5.41 Å². The number of thioether (sulfide) groups is 1. The van der Waals surface area contributed by atoms with Crippen LogP contribution < -0.4 is 5.32 Å². The quantitative estimate of drug-likeness (QED) is 0.690. The zero-order valence-corrected chi connectivity index (χ0v) is 19.2. The number of benzene rings is 1. The Labute approximate surface area is 184 Å². The minimum absolute atomic E-state index is 0.233. The lowest BCUT2D eigenvalue weighted by molar-refractivity contribution is 0.0903. The van der Waals surface area contributed by atoms with E-state index in [1.807, 2.05) is 24.0 Å². The number of nitrogens with zero attached hydrogens (tertiary/aromatic N) is 3. The van der Waals surface area contributed by atoms with E-state index in [4.69, 9.17) is 9.72 Å². The first-order valence-corrected chi connectivity index (χ1v) is 11.7. The van der Waals surface area contributed by atoms with Crippen molar-refractivity contribution in [1.82, 2.24) is 14.9 Å². The molecule has 2 aromatic rings. The Morgan fingerprint density at radius 3 is 2.73 bits per heavy atom. The molecule has 1 atom stereocenters. The average Bonchev–Trinajstić information content (AvgIpc) is 3.19. The molecule has 0 saturated carbocycles. The Morgan fingerprint density at radius 1 is 1.20 bits per heavy atom.